The van der Waals surface area contributed by atoms with Gasteiger partial charge in [-0.2, -0.15) is 0 Å². The number of aliphatic hydroxyl groups excluding tert-OH is 1. The van der Waals surface area contributed by atoms with E-state index in [1.165, 1.54) is 0 Å². The summed E-state index contributed by atoms with van der Waals surface area (Å²) in [5.41, 5.74) is 0. The molecule has 0 aromatic carbocycles. The predicted octanol–water partition coefficient (Wildman–Crippen LogP) is 0.884. The Kier molecular flexibility index (Phi) is 2.63. The first kappa shape index (κ1) is 7.95. The molecule has 1 heterocycles. The van der Waals surface area contributed by atoms with E-state index in [0.29, 0.717) is 12.8 Å². The van der Waals surface area contributed by atoms with Gasteiger partial charge in [0.1, 0.15) is 6.17 Å². The quantitative estimate of drug-likeness (QED) is 0.598. The van der Waals surface area contributed by atoms with Crippen LogP contribution in [-0.4, -0.2) is 30.1 Å². The zero-order valence-electron chi connectivity index (χ0n) is 6.09. The molecule has 0 aromatic rings. The molecule has 60 valence electrons. The van der Waals surface area contributed by atoms with Gasteiger partial charge in [-0.3, -0.25) is 0 Å². The summed E-state index contributed by atoms with van der Waals surface area (Å²) in [5, 5.41) is 8.65. The van der Waals surface area contributed by atoms with E-state index in [-0.39, 0.29) is 18.8 Å². The van der Waals surface area contributed by atoms with Crippen LogP contribution in [0.1, 0.15) is 19.8 Å². The highest BCUT2D eigenvalue weighted by molar-refractivity contribution is 4.74. The zero-order valence-corrected chi connectivity index (χ0v) is 6.09. The lowest BCUT2D eigenvalue weighted by molar-refractivity contribution is -0.0990. The van der Waals surface area contributed by atoms with Crippen molar-refractivity contribution in [3.8, 4) is 0 Å². The number of rotatable bonds is 1. The van der Waals surface area contributed by atoms with E-state index in [0.717, 1.165) is 0 Å². The lowest BCUT2D eigenvalue weighted by Crippen LogP contribution is -2.36. The number of ether oxygens (including phenoxy) is 1. The average Bonchev–Trinajstić information content (AvgIpc) is 1.95. The lowest BCUT2D eigenvalue weighted by Gasteiger charge is -2.29. The predicted molar refractivity (Wildman–Crippen MR) is 35.6 cm³/mol. The molecule has 1 fully saturated rings. The normalized spacial score (nSPS) is 41.7. The van der Waals surface area contributed by atoms with Gasteiger partial charge in [0.2, 0.25) is 0 Å². The van der Waals surface area contributed by atoms with Gasteiger partial charge in [0.25, 0.3) is 0 Å². The van der Waals surface area contributed by atoms with Crippen molar-refractivity contribution in [2.24, 2.45) is 0 Å². The maximum absolute atomic E-state index is 12.7. The van der Waals surface area contributed by atoms with Gasteiger partial charge in [-0.25, -0.2) is 4.39 Å². The number of aliphatic hydroxyl groups is 1. The fraction of sp³-hybridized carbons (Fsp3) is 1.00. The molecule has 1 aliphatic rings. The molecular formula is C7H13FO2. The molecule has 0 amide bonds. The summed E-state index contributed by atoms with van der Waals surface area (Å²) in [5.74, 6) is 0. The van der Waals surface area contributed by atoms with Gasteiger partial charge in [-0.1, -0.05) is 0 Å². The minimum absolute atomic E-state index is 0.0110. The van der Waals surface area contributed by atoms with Crippen molar-refractivity contribution in [3.05, 3.63) is 0 Å². The third-order valence-electron chi connectivity index (χ3n) is 1.88. The molecule has 1 N–H and O–H groups in total. The average molecular weight is 148 g/mol. The highest BCUT2D eigenvalue weighted by Gasteiger charge is 2.26. The summed E-state index contributed by atoms with van der Waals surface area (Å²) in [4.78, 5) is 0. The SMILES string of the molecule is C[C@H]1O[C@H](CO)CC[C@H]1F. The number of hydrogen-bond donors (Lipinski definition) is 1. The molecule has 3 heteroatoms. The molecule has 0 unspecified atom stereocenters. The van der Waals surface area contributed by atoms with Gasteiger partial charge >= 0.3 is 0 Å². The largest absolute Gasteiger partial charge is 0.394 e. The first-order chi connectivity index (χ1) is 4.74. The topological polar surface area (TPSA) is 29.5 Å². The van der Waals surface area contributed by atoms with Gasteiger partial charge in [-0.15, -0.1) is 0 Å². The van der Waals surface area contributed by atoms with E-state index in [4.69, 9.17) is 9.84 Å². The monoisotopic (exact) mass is 148 g/mol. The first-order valence-corrected chi connectivity index (χ1v) is 3.64. The molecule has 2 nitrogen and oxygen atoms in total. The summed E-state index contributed by atoms with van der Waals surface area (Å²) in [6.45, 7) is 1.71. The van der Waals surface area contributed by atoms with Crippen LogP contribution in [0.2, 0.25) is 0 Å². The van der Waals surface area contributed by atoms with E-state index < -0.39 is 6.17 Å². The second-order valence-electron chi connectivity index (χ2n) is 2.74. The molecule has 0 saturated carbocycles. The van der Waals surface area contributed by atoms with E-state index in [9.17, 15) is 4.39 Å². The van der Waals surface area contributed by atoms with Crippen molar-refractivity contribution in [3.63, 3.8) is 0 Å². The fourth-order valence-corrected chi connectivity index (χ4v) is 1.17. The standard InChI is InChI=1S/C7H13FO2/c1-5-7(8)3-2-6(4-9)10-5/h5-7,9H,2-4H2,1H3/t5-,6+,7-/m1/s1. The van der Waals surface area contributed by atoms with Crippen molar-refractivity contribution in [2.75, 3.05) is 6.61 Å². The van der Waals surface area contributed by atoms with Gasteiger partial charge in [0.15, 0.2) is 0 Å². The smallest absolute Gasteiger partial charge is 0.126 e. The Morgan fingerprint density at radius 3 is 2.80 bits per heavy atom. The summed E-state index contributed by atoms with van der Waals surface area (Å²) in [6, 6.07) is 0. The first-order valence-electron chi connectivity index (χ1n) is 3.64. The Hall–Kier alpha value is -0.150. The number of hydrogen-bond acceptors (Lipinski definition) is 2. The molecule has 1 saturated heterocycles. The van der Waals surface area contributed by atoms with Crippen LogP contribution in [0.25, 0.3) is 0 Å². The minimum atomic E-state index is -0.845. The van der Waals surface area contributed by atoms with Crippen LogP contribution in [0, 0.1) is 0 Å². The maximum atomic E-state index is 12.7. The summed E-state index contributed by atoms with van der Waals surface area (Å²) in [7, 11) is 0. The molecular weight excluding hydrogens is 135 g/mol. The van der Waals surface area contributed by atoms with Crippen molar-refractivity contribution in [1.29, 1.82) is 0 Å². The summed E-state index contributed by atoms with van der Waals surface area (Å²) >= 11 is 0. The van der Waals surface area contributed by atoms with E-state index in [2.05, 4.69) is 0 Å². The minimum Gasteiger partial charge on any atom is -0.394 e. The van der Waals surface area contributed by atoms with E-state index in [1.807, 2.05) is 0 Å². The van der Waals surface area contributed by atoms with Crippen LogP contribution < -0.4 is 0 Å². The van der Waals surface area contributed by atoms with Crippen LogP contribution in [0.15, 0.2) is 0 Å². The lowest BCUT2D eigenvalue weighted by atomic mass is 10.0. The second-order valence-corrected chi connectivity index (χ2v) is 2.74. The second kappa shape index (κ2) is 3.30. The van der Waals surface area contributed by atoms with Gasteiger partial charge in [0, 0.05) is 0 Å². The molecule has 0 aliphatic carbocycles. The zero-order chi connectivity index (χ0) is 7.56. The Labute approximate surface area is 60.0 Å². The van der Waals surface area contributed by atoms with Crippen LogP contribution in [-0.2, 0) is 4.74 Å². The van der Waals surface area contributed by atoms with Crippen molar-refractivity contribution in [1.82, 2.24) is 0 Å². The molecule has 0 spiro atoms. The van der Waals surface area contributed by atoms with E-state index >= 15 is 0 Å². The van der Waals surface area contributed by atoms with Crippen LogP contribution >= 0.6 is 0 Å². The van der Waals surface area contributed by atoms with Gasteiger partial charge in [0.05, 0.1) is 18.8 Å². The highest BCUT2D eigenvalue weighted by atomic mass is 19.1. The van der Waals surface area contributed by atoms with Crippen molar-refractivity contribution in [2.45, 2.75) is 38.1 Å². The fourth-order valence-electron chi connectivity index (χ4n) is 1.17. The Morgan fingerprint density at radius 1 is 1.60 bits per heavy atom. The van der Waals surface area contributed by atoms with Crippen molar-refractivity contribution >= 4 is 0 Å². The Morgan fingerprint density at radius 2 is 2.30 bits per heavy atom. The van der Waals surface area contributed by atoms with Crippen LogP contribution in [0.4, 0.5) is 4.39 Å². The van der Waals surface area contributed by atoms with Gasteiger partial charge < -0.3 is 9.84 Å². The van der Waals surface area contributed by atoms with Crippen LogP contribution in [0.3, 0.4) is 0 Å². The van der Waals surface area contributed by atoms with Crippen molar-refractivity contribution < 1.29 is 14.2 Å². The highest BCUT2D eigenvalue weighted by Crippen LogP contribution is 2.21. The number of alkyl halides is 1. The van der Waals surface area contributed by atoms with Crippen LogP contribution in [0.5, 0.6) is 0 Å². The van der Waals surface area contributed by atoms with Gasteiger partial charge in [-0.05, 0) is 19.8 Å². The van der Waals surface area contributed by atoms with E-state index in [1.54, 1.807) is 6.92 Å². The summed E-state index contributed by atoms with van der Waals surface area (Å²) < 4.78 is 17.8. The molecule has 0 radical (unpaired) electrons. The third-order valence-corrected chi connectivity index (χ3v) is 1.88. The molecule has 0 aromatic heterocycles. The Balaban J connectivity index is 2.33. The molecule has 10 heavy (non-hydrogen) atoms. The Bertz CT molecular complexity index is 108. The number of halogens is 1. The third kappa shape index (κ3) is 1.67. The molecule has 1 rings (SSSR count). The maximum Gasteiger partial charge on any atom is 0.126 e. The molecule has 0 bridgehead atoms. The summed E-state index contributed by atoms with van der Waals surface area (Å²) in [6.07, 6.45) is -0.162. The molecule has 3 atom stereocenters. The molecule has 1 aliphatic heterocycles.